The van der Waals surface area contributed by atoms with Crippen molar-refractivity contribution in [3.63, 3.8) is 0 Å². The number of aryl methyl sites for hydroxylation is 1. The van der Waals surface area contributed by atoms with Crippen LogP contribution in [0.2, 0.25) is 0 Å². The van der Waals surface area contributed by atoms with E-state index in [2.05, 4.69) is 20.5 Å². The number of amides is 2. The number of fused-ring (bicyclic) bond motifs is 3. The molecule has 1 aliphatic carbocycles. The standard InChI is InChI=1S/C36H45N5O6/c1-7-22(2)33(36(44)41-18-16-40(17-19-41)31-10-8-9-15-37-31)39-28-14-12-25-26(21-29(28)43)27(38-23(3)42)13-11-24-20-30(45-4)34(46-5)35(47-6)32(24)25/h8-10,12,14-15,20-22,27,33H,7,11,13,16-19H2,1-6H3,(H,38,42)(H,39,43)/t22-,27+,33+/m1/s1. The smallest absolute Gasteiger partial charge is 0.245 e. The van der Waals surface area contributed by atoms with Gasteiger partial charge in [-0.1, -0.05) is 32.4 Å². The minimum atomic E-state index is -0.603. The number of hydrogen-bond donors (Lipinski definition) is 2. The molecule has 1 saturated heterocycles. The van der Waals surface area contributed by atoms with E-state index in [9.17, 15) is 14.4 Å². The summed E-state index contributed by atoms with van der Waals surface area (Å²) in [5.41, 5.74) is 3.15. The fourth-order valence-electron chi connectivity index (χ4n) is 6.57. The number of methoxy groups -OCH3 is 3. The zero-order chi connectivity index (χ0) is 33.7. The van der Waals surface area contributed by atoms with Crippen LogP contribution in [0.3, 0.4) is 0 Å². The first-order chi connectivity index (χ1) is 22.7. The molecule has 2 amide bonds. The van der Waals surface area contributed by atoms with Crippen molar-refractivity contribution in [2.75, 3.05) is 57.7 Å². The van der Waals surface area contributed by atoms with Crippen LogP contribution in [0, 0.1) is 5.92 Å². The number of piperazine rings is 1. The van der Waals surface area contributed by atoms with Gasteiger partial charge in [0.1, 0.15) is 11.9 Å². The Morgan fingerprint density at radius 2 is 1.74 bits per heavy atom. The lowest BCUT2D eigenvalue weighted by molar-refractivity contribution is -0.133. The summed E-state index contributed by atoms with van der Waals surface area (Å²) in [4.78, 5) is 48.8. The molecule has 2 aliphatic rings. The first kappa shape index (κ1) is 33.6. The number of ether oxygens (including phenoxy) is 3. The Labute approximate surface area is 276 Å². The van der Waals surface area contributed by atoms with Gasteiger partial charge in [-0.3, -0.25) is 14.4 Å². The third-order valence-electron chi connectivity index (χ3n) is 9.27. The third kappa shape index (κ3) is 6.99. The summed E-state index contributed by atoms with van der Waals surface area (Å²) in [6.45, 7) is 8.01. The molecule has 11 nitrogen and oxygen atoms in total. The van der Waals surface area contributed by atoms with E-state index in [1.807, 2.05) is 49.1 Å². The van der Waals surface area contributed by atoms with Gasteiger partial charge in [0.05, 0.1) is 33.1 Å². The van der Waals surface area contributed by atoms with Crippen LogP contribution in [-0.2, 0) is 16.0 Å². The Morgan fingerprint density at radius 3 is 2.36 bits per heavy atom. The lowest BCUT2D eigenvalue weighted by Gasteiger charge is -2.38. The largest absolute Gasteiger partial charge is 0.493 e. The maximum Gasteiger partial charge on any atom is 0.245 e. The summed E-state index contributed by atoms with van der Waals surface area (Å²) in [6, 6.07) is 11.9. The van der Waals surface area contributed by atoms with Gasteiger partial charge in [-0.25, -0.2) is 4.98 Å². The first-order valence-corrected chi connectivity index (χ1v) is 16.2. The lowest BCUT2D eigenvalue weighted by Crippen LogP contribution is -2.54. The number of anilines is 2. The molecular formula is C36H45N5O6. The molecule has 2 aromatic carbocycles. The van der Waals surface area contributed by atoms with E-state index >= 15 is 0 Å². The molecule has 3 atom stereocenters. The van der Waals surface area contributed by atoms with Crippen LogP contribution in [0.5, 0.6) is 17.2 Å². The molecule has 0 spiro atoms. The van der Waals surface area contributed by atoms with Crippen molar-refractivity contribution in [3.05, 3.63) is 70.0 Å². The highest BCUT2D eigenvalue weighted by atomic mass is 16.5. The number of nitrogens with one attached hydrogen (secondary N) is 2. The molecule has 250 valence electrons. The number of nitrogens with zero attached hydrogens (tertiary/aromatic N) is 3. The number of pyridine rings is 1. The van der Waals surface area contributed by atoms with Crippen LogP contribution in [0.15, 0.2) is 53.5 Å². The van der Waals surface area contributed by atoms with Crippen LogP contribution in [0.4, 0.5) is 11.5 Å². The van der Waals surface area contributed by atoms with Gasteiger partial charge in [0.15, 0.2) is 11.5 Å². The summed E-state index contributed by atoms with van der Waals surface area (Å²) >= 11 is 0. The Bertz CT molecular complexity index is 1660. The monoisotopic (exact) mass is 643 g/mol. The number of carbonyl (C=O) groups is 2. The predicted octanol–water partition coefficient (Wildman–Crippen LogP) is 4.43. The topological polar surface area (TPSA) is 122 Å². The van der Waals surface area contributed by atoms with E-state index in [0.717, 1.165) is 28.9 Å². The maximum atomic E-state index is 14.0. The van der Waals surface area contributed by atoms with Crippen LogP contribution >= 0.6 is 0 Å². The van der Waals surface area contributed by atoms with Crippen LogP contribution in [0.1, 0.15) is 50.8 Å². The molecule has 1 aromatic heterocycles. The van der Waals surface area contributed by atoms with E-state index in [1.165, 1.54) is 6.92 Å². The average molecular weight is 644 g/mol. The van der Waals surface area contributed by atoms with Gasteiger partial charge in [0, 0.05) is 44.9 Å². The fourth-order valence-corrected chi connectivity index (χ4v) is 6.57. The van der Waals surface area contributed by atoms with Gasteiger partial charge in [-0.2, -0.15) is 0 Å². The van der Waals surface area contributed by atoms with E-state index in [1.54, 1.807) is 39.7 Å². The van der Waals surface area contributed by atoms with Crippen molar-refractivity contribution in [1.82, 2.24) is 15.2 Å². The highest BCUT2D eigenvalue weighted by Crippen LogP contribution is 2.50. The molecule has 0 unspecified atom stereocenters. The molecule has 3 aromatic rings. The molecule has 0 saturated carbocycles. The number of benzene rings is 1. The minimum absolute atomic E-state index is 0.0348. The Hall–Kier alpha value is -4.80. The van der Waals surface area contributed by atoms with Gasteiger partial charge < -0.3 is 34.6 Å². The van der Waals surface area contributed by atoms with Crippen molar-refractivity contribution in [3.8, 4) is 28.4 Å². The highest BCUT2D eigenvalue weighted by molar-refractivity contribution is 5.86. The van der Waals surface area contributed by atoms with Crippen LogP contribution in [-0.4, -0.2) is 75.2 Å². The Balaban J connectivity index is 1.53. The van der Waals surface area contributed by atoms with Gasteiger partial charge in [0.25, 0.3) is 0 Å². The highest BCUT2D eigenvalue weighted by Gasteiger charge is 2.33. The van der Waals surface area contributed by atoms with Gasteiger partial charge in [0.2, 0.25) is 23.0 Å². The van der Waals surface area contributed by atoms with Crippen molar-refractivity contribution in [2.45, 2.75) is 52.1 Å². The molecular weight excluding hydrogens is 598 g/mol. The lowest BCUT2D eigenvalue weighted by atomic mass is 9.95. The summed E-state index contributed by atoms with van der Waals surface area (Å²) in [5.74, 6) is 2.09. The molecule has 11 heteroatoms. The number of hydrogen-bond acceptors (Lipinski definition) is 9. The second kappa shape index (κ2) is 14.7. The molecule has 0 bridgehead atoms. The van der Waals surface area contributed by atoms with Crippen molar-refractivity contribution in [2.24, 2.45) is 5.92 Å². The van der Waals surface area contributed by atoms with Crippen molar-refractivity contribution >= 4 is 23.3 Å². The summed E-state index contributed by atoms with van der Waals surface area (Å²) in [6.07, 6.45) is 3.68. The summed E-state index contributed by atoms with van der Waals surface area (Å²) in [5, 5.41) is 6.39. The molecule has 1 aliphatic heterocycles. The van der Waals surface area contributed by atoms with Crippen LogP contribution < -0.4 is 35.2 Å². The van der Waals surface area contributed by atoms with Gasteiger partial charge in [-0.15, -0.1) is 0 Å². The molecule has 47 heavy (non-hydrogen) atoms. The molecule has 1 fully saturated rings. The number of aromatic nitrogens is 1. The van der Waals surface area contributed by atoms with E-state index in [4.69, 9.17) is 14.2 Å². The Kier molecular flexibility index (Phi) is 10.5. The zero-order valence-corrected chi connectivity index (χ0v) is 28.1. The minimum Gasteiger partial charge on any atom is -0.493 e. The molecule has 2 heterocycles. The SMILES string of the molecule is CC[C@@H](C)[C@H](Nc1ccc2c(cc1=O)[C@@H](NC(C)=O)CCc1cc(OC)c(OC)c(OC)c1-2)C(=O)N1CCN(c2ccccn2)CC1. The molecule has 5 rings (SSSR count). The maximum absolute atomic E-state index is 14.0. The number of rotatable bonds is 10. The van der Waals surface area contributed by atoms with E-state index in [0.29, 0.717) is 67.5 Å². The Morgan fingerprint density at radius 1 is 1.00 bits per heavy atom. The first-order valence-electron chi connectivity index (χ1n) is 16.2. The van der Waals surface area contributed by atoms with E-state index < -0.39 is 12.1 Å². The van der Waals surface area contributed by atoms with E-state index in [-0.39, 0.29) is 23.2 Å². The van der Waals surface area contributed by atoms with Crippen LogP contribution in [0.25, 0.3) is 11.1 Å². The summed E-state index contributed by atoms with van der Waals surface area (Å²) in [7, 11) is 4.70. The molecule has 2 N–H and O–H groups in total. The quantitative estimate of drug-likeness (QED) is 0.330. The summed E-state index contributed by atoms with van der Waals surface area (Å²) < 4.78 is 17.2. The average Bonchev–Trinajstić information content (AvgIpc) is 3.33. The normalized spacial score (nSPS) is 16.9. The number of carbonyl (C=O) groups excluding carboxylic acids is 2. The van der Waals surface area contributed by atoms with Crippen molar-refractivity contribution < 1.29 is 23.8 Å². The fraction of sp³-hybridized carbons (Fsp3) is 0.444. The van der Waals surface area contributed by atoms with Gasteiger partial charge in [-0.05, 0) is 65.8 Å². The second-order valence-electron chi connectivity index (χ2n) is 12.1. The second-order valence-corrected chi connectivity index (χ2v) is 12.1. The predicted molar refractivity (Wildman–Crippen MR) is 183 cm³/mol. The van der Waals surface area contributed by atoms with Gasteiger partial charge >= 0.3 is 0 Å². The third-order valence-corrected chi connectivity index (χ3v) is 9.27. The van der Waals surface area contributed by atoms with Crippen molar-refractivity contribution in [1.29, 1.82) is 0 Å². The molecule has 0 radical (unpaired) electrons. The zero-order valence-electron chi connectivity index (χ0n) is 28.1.